The van der Waals surface area contributed by atoms with Gasteiger partial charge in [-0.1, -0.05) is 18.2 Å². The average molecular weight is 982 g/mol. The Morgan fingerprint density at radius 1 is 0.982 bits per heavy atom. The fraction of sp³-hybridized carbons (Fsp3) is 0.436. The van der Waals surface area contributed by atoms with Crippen LogP contribution < -0.4 is 18.9 Å². The molecule has 10 rings (SSSR count). The van der Waals surface area contributed by atoms with Crippen LogP contribution in [0.1, 0.15) is 71.4 Å². The number of fused-ring (bicyclic) bond motifs is 11. The maximum atomic E-state index is 14.2. The zero-order valence-corrected chi connectivity index (χ0v) is 36.4. The third-order valence-corrected chi connectivity index (χ3v) is 13.2. The van der Waals surface area contributed by atoms with Crippen molar-refractivity contribution in [3.05, 3.63) is 74.8 Å². The van der Waals surface area contributed by atoms with Crippen molar-refractivity contribution in [1.29, 1.82) is 5.26 Å². The van der Waals surface area contributed by atoms with E-state index in [1.54, 1.807) is 45.4 Å². The van der Waals surface area contributed by atoms with Gasteiger partial charge in [0.05, 0.1) is 41.6 Å². The second kappa shape index (κ2) is 14.4. The Morgan fingerprint density at radius 3 is 2.36 bits per heavy atom. The first-order chi connectivity index (χ1) is 26.1. The number of benzene rings is 3. The molecule has 4 bridgehead atoms. The van der Waals surface area contributed by atoms with Crippen LogP contribution in [0.5, 0.6) is 28.7 Å². The topological polar surface area (TPSA) is 160 Å². The number of thioether (sulfide) groups is 1. The number of hydrogen-bond acceptors (Lipinski definition) is 14. The number of rotatable bonds is 5. The van der Waals surface area contributed by atoms with Crippen LogP contribution in [0, 0.1) is 69.2 Å². The van der Waals surface area contributed by atoms with E-state index in [2.05, 4.69) is 21.9 Å². The van der Waals surface area contributed by atoms with Gasteiger partial charge in [-0.3, -0.25) is 24.3 Å². The molecule has 14 nitrogen and oxygen atoms in total. The zero-order chi connectivity index (χ0) is 37.7. The van der Waals surface area contributed by atoms with Crippen molar-refractivity contribution in [2.24, 2.45) is 0 Å². The molecule has 1 unspecified atom stereocenters. The summed E-state index contributed by atoms with van der Waals surface area (Å²) in [5.41, 5.74) is 4.85. The molecule has 7 heterocycles. The fourth-order valence-corrected chi connectivity index (χ4v) is 11.2. The number of imide groups is 1. The first-order valence-electron chi connectivity index (χ1n) is 17.7. The van der Waals surface area contributed by atoms with E-state index in [9.17, 15) is 24.8 Å². The minimum absolute atomic E-state index is 0. The van der Waals surface area contributed by atoms with Crippen LogP contribution >= 0.6 is 11.8 Å². The molecule has 55 heavy (non-hydrogen) atoms. The number of carbonyl (C=O) groups is 3. The van der Waals surface area contributed by atoms with E-state index >= 15 is 0 Å². The normalized spacial score (nSPS) is 27.6. The van der Waals surface area contributed by atoms with Gasteiger partial charge in [-0.15, -0.1) is 11.8 Å². The molecular weight excluding hydrogens is 944 g/mol. The Balaban J connectivity index is 0.00000427. The van der Waals surface area contributed by atoms with E-state index in [1.165, 1.54) is 11.8 Å². The largest absolute Gasteiger partial charge is 0.507 e. The Morgan fingerprint density at radius 2 is 1.69 bits per heavy atom. The maximum absolute atomic E-state index is 14.2. The second-order valence-corrected chi connectivity index (χ2v) is 15.6. The van der Waals surface area contributed by atoms with E-state index < -0.39 is 53.2 Å². The van der Waals surface area contributed by atoms with Crippen molar-refractivity contribution in [3.8, 4) is 34.8 Å². The van der Waals surface area contributed by atoms with Gasteiger partial charge in [0, 0.05) is 91.3 Å². The van der Waals surface area contributed by atoms with E-state index in [-0.39, 0.29) is 92.9 Å². The molecule has 1 radical (unpaired) electrons. The van der Waals surface area contributed by atoms with Crippen LogP contribution in [0.25, 0.3) is 0 Å². The minimum atomic E-state index is -1.27. The number of phenolic OH excluding ortho intramolecular Hbond substituents is 1. The number of nitriles is 1. The molecule has 0 saturated carbocycles. The predicted octanol–water partition coefficient (Wildman–Crippen LogP) is 3.95. The van der Waals surface area contributed by atoms with Crippen LogP contribution in [0.4, 0.5) is 0 Å². The Bertz CT molecular complexity index is 2160. The standard InChI is InChI=1S/C39H38N4O10S.Ac/c1-17-10-19-11-22-23(12-40)42-24-13-50-39(47)25(43-37(45)20-8-6-7-9-21(20)38(43)46)14-54-36(28-27(24)35-33(52-16-53-35)18(2)31(28)44)30(42)29(41(22)3)26(19)34(32(17)49-5)51-15-48-4;/h6-10,22-25,29-30,36,44H,11,13-16H2,1-5H3;/t22-,23-,24-,25-,29+,30?,36+;/m0./s1. The number of amides is 2. The summed E-state index contributed by atoms with van der Waals surface area (Å²) < 4.78 is 35.8. The van der Waals surface area contributed by atoms with Gasteiger partial charge in [0.1, 0.15) is 24.4 Å². The summed E-state index contributed by atoms with van der Waals surface area (Å²) in [4.78, 5) is 47.0. The summed E-state index contributed by atoms with van der Waals surface area (Å²) >= 11 is 1.33. The summed E-state index contributed by atoms with van der Waals surface area (Å²) in [7, 11) is 5.14. The molecule has 0 aromatic heterocycles. The third kappa shape index (κ3) is 5.44. The van der Waals surface area contributed by atoms with Crippen molar-refractivity contribution in [1.82, 2.24) is 14.7 Å². The van der Waals surface area contributed by atoms with Gasteiger partial charge in [-0.05, 0) is 50.6 Å². The molecule has 7 aliphatic heterocycles. The number of nitrogens with zero attached hydrogens (tertiary/aromatic N) is 4. The van der Waals surface area contributed by atoms with Crippen LogP contribution in [0.3, 0.4) is 0 Å². The van der Waals surface area contributed by atoms with Gasteiger partial charge in [-0.25, -0.2) is 4.79 Å². The van der Waals surface area contributed by atoms with Gasteiger partial charge < -0.3 is 33.5 Å². The number of ether oxygens (including phenoxy) is 6. The molecule has 0 spiro atoms. The second-order valence-electron chi connectivity index (χ2n) is 14.4. The van der Waals surface area contributed by atoms with Crippen LogP contribution in [0.2, 0.25) is 0 Å². The van der Waals surface area contributed by atoms with Gasteiger partial charge >= 0.3 is 5.97 Å². The van der Waals surface area contributed by atoms with Crippen LogP contribution in [-0.2, 0) is 20.7 Å². The molecule has 3 aromatic rings. The molecule has 3 aromatic carbocycles. The molecule has 2 fully saturated rings. The number of methoxy groups -OCH3 is 2. The number of carbonyl (C=O) groups excluding carboxylic acids is 3. The summed E-state index contributed by atoms with van der Waals surface area (Å²) in [5.74, 6) is -0.00458. The molecule has 7 atom stereocenters. The van der Waals surface area contributed by atoms with Crippen LogP contribution in [-0.4, -0.2) is 109 Å². The fourth-order valence-electron chi connectivity index (χ4n) is 9.61. The summed E-state index contributed by atoms with van der Waals surface area (Å²) in [6, 6.07) is 7.20. The Kier molecular flexibility index (Phi) is 10.0. The number of esters is 1. The molecule has 1 N–H and O–H groups in total. The number of aryl methyl sites for hydroxylation is 1. The summed E-state index contributed by atoms with van der Waals surface area (Å²) in [6.07, 6.45) is 0.522. The van der Waals surface area contributed by atoms with Crippen molar-refractivity contribution >= 4 is 29.5 Å². The van der Waals surface area contributed by atoms with E-state index in [0.717, 1.165) is 21.6 Å². The number of piperazine rings is 1. The van der Waals surface area contributed by atoms with Gasteiger partial charge in [0.25, 0.3) is 11.8 Å². The molecule has 2 saturated heterocycles. The van der Waals surface area contributed by atoms with Gasteiger partial charge in [0.2, 0.25) is 6.79 Å². The smallest absolute Gasteiger partial charge is 0.330 e. The molecule has 7 aliphatic rings. The Hall–Kier alpha value is -3.57. The molecule has 0 aliphatic carbocycles. The van der Waals surface area contributed by atoms with Crippen molar-refractivity contribution in [2.75, 3.05) is 47.2 Å². The predicted molar refractivity (Wildman–Crippen MR) is 192 cm³/mol. The van der Waals surface area contributed by atoms with Crippen molar-refractivity contribution < 1.29 is 92.0 Å². The zero-order valence-electron chi connectivity index (χ0n) is 30.9. The van der Waals surface area contributed by atoms with Crippen molar-refractivity contribution in [2.45, 2.75) is 61.8 Å². The number of hydrogen-bond donors (Lipinski definition) is 1. The Labute approximate surface area is 357 Å². The number of phenols is 1. The van der Waals surface area contributed by atoms with Gasteiger partial charge in [-0.2, -0.15) is 5.26 Å². The summed E-state index contributed by atoms with van der Waals surface area (Å²) in [6.45, 7) is 3.36. The molecular formula is C39H38AcN4O10S. The van der Waals surface area contributed by atoms with Crippen molar-refractivity contribution in [3.63, 3.8) is 0 Å². The monoisotopic (exact) mass is 981 g/mol. The summed E-state index contributed by atoms with van der Waals surface area (Å²) in [5, 5.41) is 22.6. The van der Waals surface area contributed by atoms with Crippen LogP contribution in [0.15, 0.2) is 30.3 Å². The molecule has 16 heteroatoms. The minimum Gasteiger partial charge on any atom is -0.507 e. The first kappa shape index (κ1) is 38.3. The van der Waals surface area contributed by atoms with E-state index in [0.29, 0.717) is 46.1 Å². The first-order valence-corrected chi connectivity index (χ1v) is 18.8. The SMILES string of the molecule is COCOc1c(OC)c(C)cc2c1[C@@H]1C3[C@@H]4SC[C@H](N5C(=O)c6ccccc6C5=O)C(=O)OC[C@@H](c5c6c(c(C)c(O)c54)OCO6)N3[C@@H](C#N)[C@H](C2)N1C.[Ac]. The quantitative estimate of drug-likeness (QED) is 0.223. The number of aromatic hydroxyl groups is 1. The van der Waals surface area contributed by atoms with E-state index in [1.807, 2.05) is 14.0 Å². The van der Waals surface area contributed by atoms with Gasteiger partial charge in [0.15, 0.2) is 29.8 Å². The molecule has 2 amide bonds. The maximum Gasteiger partial charge on any atom is 0.330 e. The number of likely N-dealkylation sites (N-methyl/N-ethyl adjacent to an activating group) is 1. The molecule has 283 valence electrons. The van der Waals surface area contributed by atoms with E-state index in [4.69, 9.17) is 28.4 Å². The average Bonchev–Trinajstić information content (AvgIpc) is 3.75. The third-order valence-electron chi connectivity index (χ3n) is 11.9.